The summed E-state index contributed by atoms with van der Waals surface area (Å²) in [6, 6.07) is 27.4. The van der Waals surface area contributed by atoms with Gasteiger partial charge >= 0.3 is 0 Å². The standard InChI is InChI=1S/C26H28N2O2/c1-27(16-17-29-2)19-21-8-10-24(11-9-21)28-15-14-23-18-25(12-13-26(23)28)30-20-22-6-4-3-5-7-22/h3-15,18H,16-17,19-20H2,1-2H3. The highest BCUT2D eigenvalue weighted by molar-refractivity contribution is 5.83. The van der Waals surface area contributed by atoms with Gasteiger partial charge in [0.1, 0.15) is 12.4 Å². The maximum atomic E-state index is 5.97. The van der Waals surface area contributed by atoms with Crippen LogP contribution in [0.3, 0.4) is 0 Å². The molecule has 4 aromatic rings. The molecule has 30 heavy (non-hydrogen) atoms. The van der Waals surface area contributed by atoms with Crippen LogP contribution in [0.4, 0.5) is 0 Å². The van der Waals surface area contributed by atoms with E-state index in [0.717, 1.165) is 31.1 Å². The Balaban J connectivity index is 1.45. The van der Waals surface area contributed by atoms with Crippen LogP contribution in [0.5, 0.6) is 5.75 Å². The van der Waals surface area contributed by atoms with E-state index in [4.69, 9.17) is 9.47 Å². The maximum absolute atomic E-state index is 5.97. The summed E-state index contributed by atoms with van der Waals surface area (Å²) in [6.45, 7) is 3.17. The minimum absolute atomic E-state index is 0.577. The summed E-state index contributed by atoms with van der Waals surface area (Å²) in [5, 5.41) is 1.17. The zero-order chi connectivity index (χ0) is 20.8. The van der Waals surface area contributed by atoms with Crippen molar-refractivity contribution in [3.8, 4) is 11.4 Å². The lowest BCUT2D eigenvalue weighted by atomic mass is 10.2. The van der Waals surface area contributed by atoms with Crippen LogP contribution in [0, 0.1) is 0 Å². The molecule has 4 nitrogen and oxygen atoms in total. The number of likely N-dealkylation sites (N-methyl/N-ethyl adjacent to an activating group) is 1. The van der Waals surface area contributed by atoms with E-state index in [1.54, 1.807) is 7.11 Å². The van der Waals surface area contributed by atoms with Gasteiger partial charge in [-0.1, -0.05) is 42.5 Å². The summed E-state index contributed by atoms with van der Waals surface area (Å²) >= 11 is 0. The second kappa shape index (κ2) is 9.61. The summed E-state index contributed by atoms with van der Waals surface area (Å²) in [4.78, 5) is 2.26. The van der Waals surface area contributed by atoms with Crippen molar-refractivity contribution in [3.05, 3.63) is 96.2 Å². The minimum atomic E-state index is 0.577. The van der Waals surface area contributed by atoms with Crippen LogP contribution < -0.4 is 4.74 Å². The molecule has 0 aliphatic rings. The number of rotatable bonds is 9. The van der Waals surface area contributed by atoms with Gasteiger partial charge in [-0.15, -0.1) is 0 Å². The summed E-state index contributed by atoms with van der Waals surface area (Å²) in [6.07, 6.45) is 2.12. The summed E-state index contributed by atoms with van der Waals surface area (Å²) < 4.78 is 13.3. The first-order valence-corrected chi connectivity index (χ1v) is 10.3. The number of methoxy groups -OCH3 is 1. The number of fused-ring (bicyclic) bond motifs is 1. The van der Waals surface area contributed by atoms with Crippen molar-refractivity contribution in [2.45, 2.75) is 13.2 Å². The molecule has 0 atom stereocenters. The first-order valence-electron chi connectivity index (χ1n) is 10.3. The second-order valence-corrected chi connectivity index (χ2v) is 7.58. The van der Waals surface area contributed by atoms with Crippen LogP contribution in [-0.2, 0) is 17.9 Å². The Morgan fingerprint density at radius 3 is 2.43 bits per heavy atom. The van der Waals surface area contributed by atoms with Crippen LogP contribution >= 0.6 is 0 Å². The normalized spacial score (nSPS) is 11.3. The molecule has 0 amide bonds. The number of ether oxygens (including phenoxy) is 2. The lowest BCUT2D eigenvalue weighted by Crippen LogP contribution is -2.22. The Labute approximate surface area is 178 Å². The number of nitrogens with zero attached hydrogens (tertiary/aromatic N) is 2. The van der Waals surface area contributed by atoms with Gasteiger partial charge in [-0.3, -0.25) is 4.90 Å². The molecule has 4 heteroatoms. The van der Waals surface area contributed by atoms with E-state index in [1.807, 2.05) is 24.3 Å². The molecule has 0 fully saturated rings. The zero-order valence-electron chi connectivity index (χ0n) is 17.6. The quantitative estimate of drug-likeness (QED) is 0.382. The van der Waals surface area contributed by atoms with Gasteiger partial charge < -0.3 is 14.0 Å². The zero-order valence-corrected chi connectivity index (χ0v) is 17.6. The topological polar surface area (TPSA) is 26.6 Å². The third-order valence-corrected chi connectivity index (χ3v) is 5.25. The van der Waals surface area contributed by atoms with Gasteiger partial charge in [0.05, 0.1) is 12.1 Å². The Morgan fingerprint density at radius 1 is 0.867 bits per heavy atom. The highest BCUT2D eigenvalue weighted by Gasteiger charge is 2.06. The van der Waals surface area contributed by atoms with Crippen LogP contribution in [0.2, 0.25) is 0 Å². The highest BCUT2D eigenvalue weighted by atomic mass is 16.5. The molecule has 0 unspecified atom stereocenters. The molecule has 0 saturated carbocycles. The molecular weight excluding hydrogens is 372 g/mol. The number of benzene rings is 3. The van der Waals surface area contributed by atoms with Crippen molar-refractivity contribution >= 4 is 10.9 Å². The van der Waals surface area contributed by atoms with E-state index in [9.17, 15) is 0 Å². The van der Waals surface area contributed by atoms with Gasteiger partial charge in [-0.2, -0.15) is 0 Å². The largest absolute Gasteiger partial charge is 0.489 e. The van der Waals surface area contributed by atoms with E-state index < -0.39 is 0 Å². The predicted octanol–water partition coefficient (Wildman–Crippen LogP) is 5.29. The fourth-order valence-electron chi connectivity index (χ4n) is 3.58. The average Bonchev–Trinajstić information content (AvgIpc) is 3.21. The number of aromatic nitrogens is 1. The van der Waals surface area contributed by atoms with Gasteiger partial charge in [-0.25, -0.2) is 0 Å². The van der Waals surface area contributed by atoms with Gasteiger partial charge in [0.25, 0.3) is 0 Å². The molecule has 0 spiro atoms. The first-order chi connectivity index (χ1) is 14.7. The highest BCUT2D eigenvalue weighted by Crippen LogP contribution is 2.25. The molecule has 0 aliphatic heterocycles. The van der Waals surface area contributed by atoms with E-state index in [1.165, 1.54) is 22.0 Å². The lowest BCUT2D eigenvalue weighted by molar-refractivity contribution is 0.158. The molecule has 1 aromatic heterocycles. The van der Waals surface area contributed by atoms with E-state index in [-0.39, 0.29) is 0 Å². The van der Waals surface area contributed by atoms with Gasteiger partial charge in [0.15, 0.2) is 0 Å². The van der Waals surface area contributed by atoms with Gasteiger partial charge in [0.2, 0.25) is 0 Å². The molecule has 1 heterocycles. The summed E-state index contributed by atoms with van der Waals surface area (Å²) in [5.74, 6) is 0.888. The lowest BCUT2D eigenvalue weighted by Gasteiger charge is -2.16. The molecule has 4 rings (SSSR count). The third-order valence-electron chi connectivity index (χ3n) is 5.25. The SMILES string of the molecule is COCCN(C)Cc1ccc(-n2ccc3cc(OCc4ccccc4)ccc32)cc1. The summed E-state index contributed by atoms with van der Waals surface area (Å²) in [5.41, 5.74) is 4.80. The fraction of sp³-hybridized carbons (Fsp3) is 0.231. The Kier molecular flexibility index (Phi) is 6.47. The van der Waals surface area contributed by atoms with Crippen LogP contribution in [0.1, 0.15) is 11.1 Å². The number of hydrogen-bond donors (Lipinski definition) is 0. The predicted molar refractivity (Wildman–Crippen MR) is 122 cm³/mol. The average molecular weight is 401 g/mol. The molecule has 0 radical (unpaired) electrons. The monoisotopic (exact) mass is 400 g/mol. The number of hydrogen-bond acceptors (Lipinski definition) is 3. The summed E-state index contributed by atoms with van der Waals surface area (Å²) in [7, 11) is 3.85. The molecule has 0 N–H and O–H groups in total. The van der Waals surface area contributed by atoms with Gasteiger partial charge in [-0.05, 0) is 54.6 Å². The molecule has 0 bridgehead atoms. The first kappa shape index (κ1) is 20.2. The van der Waals surface area contributed by atoms with Gasteiger partial charge in [0, 0.05) is 37.5 Å². The van der Waals surface area contributed by atoms with E-state index in [2.05, 4.69) is 77.3 Å². The Morgan fingerprint density at radius 2 is 1.67 bits per heavy atom. The Bertz CT molecular complexity index is 1070. The van der Waals surface area contributed by atoms with Crippen LogP contribution in [-0.4, -0.2) is 36.8 Å². The third kappa shape index (κ3) is 4.90. The fourth-order valence-corrected chi connectivity index (χ4v) is 3.58. The molecule has 0 saturated heterocycles. The van der Waals surface area contributed by atoms with Crippen LogP contribution in [0.25, 0.3) is 16.6 Å². The molecule has 0 aliphatic carbocycles. The van der Waals surface area contributed by atoms with Crippen molar-refractivity contribution in [1.82, 2.24) is 9.47 Å². The van der Waals surface area contributed by atoms with Crippen molar-refractivity contribution in [2.75, 3.05) is 27.3 Å². The van der Waals surface area contributed by atoms with Crippen molar-refractivity contribution < 1.29 is 9.47 Å². The molecule has 3 aromatic carbocycles. The van der Waals surface area contributed by atoms with Crippen LogP contribution in [0.15, 0.2) is 85.1 Å². The van der Waals surface area contributed by atoms with Crippen molar-refractivity contribution in [3.63, 3.8) is 0 Å². The van der Waals surface area contributed by atoms with E-state index in [0.29, 0.717) is 6.61 Å². The van der Waals surface area contributed by atoms with Crippen molar-refractivity contribution in [2.24, 2.45) is 0 Å². The minimum Gasteiger partial charge on any atom is -0.489 e. The molecular formula is C26H28N2O2. The second-order valence-electron chi connectivity index (χ2n) is 7.58. The molecule has 154 valence electrons. The smallest absolute Gasteiger partial charge is 0.120 e. The van der Waals surface area contributed by atoms with Crippen molar-refractivity contribution in [1.29, 1.82) is 0 Å². The maximum Gasteiger partial charge on any atom is 0.120 e. The van der Waals surface area contributed by atoms with E-state index >= 15 is 0 Å². The Hall–Kier alpha value is -3.08.